The molecule has 8 heteroatoms. The largest absolute Gasteiger partial charge is 0.572 e. The van der Waals surface area contributed by atoms with Crippen LogP contribution >= 0.6 is 0 Å². The van der Waals surface area contributed by atoms with Gasteiger partial charge in [-0.2, -0.15) is 0 Å². The molecule has 0 fully saturated rings. The SMILES string of the molecule is Cc1cccc([N-]S(=O)(=O)c2ccc3c(c2)Cc2cc(S(=O)(=O)[N-]c4cccc(C)c4C)ccc2-3)c1C. The van der Waals surface area contributed by atoms with Crippen molar-refractivity contribution < 1.29 is 16.8 Å². The van der Waals surface area contributed by atoms with Gasteiger partial charge in [0.1, 0.15) is 20.0 Å². The number of hydrogen-bond donors (Lipinski definition) is 0. The first-order valence-corrected chi connectivity index (χ1v) is 14.7. The highest BCUT2D eigenvalue weighted by Gasteiger charge is 2.22. The summed E-state index contributed by atoms with van der Waals surface area (Å²) in [6, 6.07) is 20.7. The second-order valence-electron chi connectivity index (χ2n) is 9.39. The molecule has 0 amide bonds. The maximum atomic E-state index is 13.1. The van der Waals surface area contributed by atoms with Gasteiger partial charge in [-0.15, -0.1) is 11.4 Å². The zero-order valence-electron chi connectivity index (χ0n) is 21.0. The van der Waals surface area contributed by atoms with Gasteiger partial charge in [-0.1, -0.05) is 59.7 Å². The second-order valence-corrected chi connectivity index (χ2v) is 12.6. The quantitative estimate of drug-likeness (QED) is 0.230. The van der Waals surface area contributed by atoms with Gasteiger partial charge in [0.2, 0.25) is 0 Å². The predicted molar refractivity (Wildman–Crippen MR) is 147 cm³/mol. The van der Waals surface area contributed by atoms with Gasteiger partial charge in [-0.25, -0.2) is 16.8 Å². The molecule has 0 atom stereocenters. The van der Waals surface area contributed by atoms with Crippen molar-refractivity contribution in [3.63, 3.8) is 0 Å². The van der Waals surface area contributed by atoms with E-state index in [4.69, 9.17) is 0 Å². The predicted octanol–water partition coefficient (Wildman–Crippen LogP) is 7.28. The van der Waals surface area contributed by atoms with Gasteiger partial charge in [0.15, 0.2) is 0 Å². The van der Waals surface area contributed by atoms with Crippen LogP contribution < -0.4 is 0 Å². The number of rotatable bonds is 6. The zero-order valence-corrected chi connectivity index (χ0v) is 22.6. The Morgan fingerprint density at radius 2 is 0.973 bits per heavy atom. The summed E-state index contributed by atoms with van der Waals surface area (Å²) in [6.07, 6.45) is 0.421. The van der Waals surface area contributed by atoms with E-state index in [1.165, 1.54) is 0 Å². The molecular formula is C29H26N2O4S2-2. The third-order valence-electron chi connectivity index (χ3n) is 7.01. The Hall–Kier alpha value is -3.62. The number of fused-ring (bicyclic) bond motifs is 3. The van der Waals surface area contributed by atoms with Crippen LogP contribution in [0.2, 0.25) is 0 Å². The minimum absolute atomic E-state index is 0.109. The molecular weight excluding hydrogens is 504 g/mol. The molecule has 37 heavy (non-hydrogen) atoms. The highest BCUT2D eigenvalue weighted by atomic mass is 32.2. The summed E-state index contributed by atoms with van der Waals surface area (Å²) in [5.41, 5.74) is 7.82. The average molecular weight is 531 g/mol. The number of aryl methyl sites for hydroxylation is 2. The van der Waals surface area contributed by atoms with Crippen molar-refractivity contribution in [2.24, 2.45) is 0 Å². The first-order valence-electron chi connectivity index (χ1n) is 11.8. The van der Waals surface area contributed by atoms with Crippen molar-refractivity contribution in [3.8, 4) is 11.1 Å². The van der Waals surface area contributed by atoms with Crippen molar-refractivity contribution in [3.05, 3.63) is 116 Å². The molecule has 6 nitrogen and oxygen atoms in total. The molecule has 4 aromatic carbocycles. The van der Waals surface area contributed by atoms with E-state index in [0.29, 0.717) is 17.8 Å². The molecule has 1 aliphatic carbocycles. The molecule has 0 unspecified atom stereocenters. The standard InChI is InChI=1S/C29H26N2O4S2/c1-18-7-5-9-28(20(18)3)30-36(32,33)24-11-13-26-22(16-24)15-23-17-25(12-14-27(23)26)37(34,35)31-29-10-6-8-19(2)21(29)4/h5-14,16-17H,15H2,1-4H3/q-2. The van der Waals surface area contributed by atoms with E-state index in [1.807, 2.05) is 39.8 Å². The van der Waals surface area contributed by atoms with E-state index in [-0.39, 0.29) is 9.79 Å². The van der Waals surface area contributed by atoms with Crippen LogP contribution in [0.15, 0.2) is 82.6 Å². The molecule has 0 saturated heterocycles. The Labute approximate surface area is 218 Å². The Bertz CT molecular complexity index is 1650. The monoisotopic (exact) mass is 530 g/mol. The first kappa shape index (κ1) is 25.0. The van der Waals surface area contributed by atoms with E-state index >= 15 is 0 Å². The van der Waals surface area contributed by atoms with E-state index in [2.05, 4.69) is 9.44 Å². The maximum absolute atomic E-state index is 13.1. The molecule has 0 aromatic heterocycles. The molecule has 0 radical (unpaired) electrons. The molecule has 0 spiro atoms. The van der Waals surface area contributed by atoms with E-state index in [9.17, 15) is 16.8 Å². The molecule has 5 rings (SSSR count). The number of nitrogens with zero attached hydrogens (tertiary/aromatic N) is 2. The molecule has 1 aliphatic rings. The summed E-state index contributed by atoms with van der Waals surface area (Å²) in [4.78, 5) is 0.218. The summed E-state index contributed by atoms with van der Waals surface area (Å²) in [6.45, 7) is 7.52. The lowest BCUT2D eigenvalue weighted by atomic mass is 10.1. The van der Waals surface area contributed by atoms with Crippen LogP contribution in [0.25, 0.3) is 20.6 Å². The van der Waals surface area contributed by atoms with Crippen LogP contribution in [0.1, 0.15) is 33.4 Å². The summed E-state index contributed by atoms with van der Waals surface area (Å²) in [5, 5.41) is 0. The third kappa shape index (κ3) is 4.63. The zero-order chi connectivity index (χ0) is 26.5. The van der Waals surface area contributed by atoms with Crippen molar-refractivity contribution in [2.45, 2.75) is 43.9 Å². The molecule has 4 aromatic rings. The van der Waals surface area contributed by atoms with Crippen LogP contribution in [-0.4, -0.2) is 16.8 Å². The molecule has 0 bridgehead atoms. The fourth-order valence-corrected chi connectivity index (χ4v) is 6.70. The highest BCUT2D eigenvalue weighted by Crippen LogP contribution is 2.41. The summed E-state index contributed by atoms with van der Waals surface area (Å²) in [7, 11) is -7.84. The number of sulfonamides is 2. The maximum Gasteiger partial charge on any atom is 0.123 e. The summed E-state index contributed by atoms with van der Waals surface area (Å²) < 4.78 is 60.5. The number of hydrogen-bond acceptors (Lipinski definition) is 4. The average Bonchev–Trinajstić information content (AvgIpc) is 3.22. The molecule has 0 saturated carbocycles. The summed E-state index contributed by atoms with van der Waals surface area (Å²) >= 11 is 0. The molecule has 0 heterocycles. The van der Waals surface area contributed by atoms with Crippen LogP contribution in [0.3, 0.4) is 0 Å². The topological polar surface area (TPSA) is 96.5 Å². The third-order valence-corrected chi connectivity index (χ3v) is 9.58. The van der Waals surface area contributed by atoms with Crippen molar-refractivity contribution in [2.75, 3.05) is 0 Å². The van der Waals surface area contributed by atoms with E-state index in [0.717, 1.165) is 44.5 Å². The van der Waals surface area contributed by atoms with Crippen molar-refractivity contribution in [1.82, 2.24) is 0 Å². The van der Waals surface area contributed by atoms with Crippen LogP contribution in [0.5, 0.6) is 0 Å². The van der Waals surface area contributed by atoms with Crippen molar-refractivity contribution >= 4 is 31.4 Å². The molecule has 0 N–H and O–H groups in total. The van der Waals surface area contributed by atoms with Gasteiger partial charge in [0.05, 0.1) is 9.79 Å². The van der Waals surface area contributed by atoms with Gasteiger partial charge >= 0.3 is 0 Å². The molecule has 0 aliphatic heterocycles. The Morgan fingerprint density at radius 3 is 1.38 bits per heavy atom. The second kappa shape index (κ2) is 9.04. The van der Waals surface area contributed by atoms with Gasteiger partial charge in [-0.3, -0.25) is 0 Å². The van der Waals surface area contributed by atoms with Crippen molar-refractivity contribution in [1.29, 1.82) is 0 Å². The van der Waals surface area contributed by atoms with Gasteiger partial charge < -0.3 is 9.44 Å². The van der Waals surface area contributed by atoms with Gasteiger partial charge in [-0.05, 0) is 91.8 Å². The van der Waals surface area contributed by atoms with Crippen LogP contribution in [0, 0.1) is 27.7 Å². The van der Waals surface area contributed by atoms with Crippen LogP contribution in [-0.2, 0) is 26.5 Å². The Balaban J connectivity index is 1.42. The minimum Gasteiger partial charge on any atom is -0.572 e. The highest BCUT2D eigenvalue weighted by molar-refractivity contribution is 7.94. The lowest BCUT2D eigenvalue weighted by Crippen LogP contribution is -2.00. The number of benzene rings is 4. The lowest BCUT2D eigenvalue weighted by Gasteiger charge is -2.25. The van der Waals surface area contributed by atoms with Crippen LogP contribution in [0.4, 0.5) is 11.4 Å². The molecule has 190 valence electrons. The smallest absolute Gasteiger partial charge is 0.123 e. The Kier molecular flexibility index (Phi) is 6.12. The Morgan fingerprint density at radius 1 is 0.568 bits per heavy atom. The fraction of sp³-hybridized carbons (Fsp3) is 0.172. The normalized spacial score (nSPS) is 12.6. The minimum atomic E-state index is -3.92. The fourth-order valence-electron chi connectivity index (χ4n) is 4.52. The van der Waals surface area contributed by atoms with Gasteiger partial charge in [0.25, 0.3) is 0 Å². The van der Waals surface area contributed by atoms with E-state index < -0.39 is 20.0 Å². The lowest BCUT2D eigenvalue weighted by molar-refractivity contribution is 0.601. The first-order chi connectivity index (χ1) is 17.5. The van der Waals surface area contributed by atoms with Gasteiger partial charge in [0, 0.05) is 0 Å². The summed E-state index contributed by atoms with van der Waals surface area (Å²) in [5.74, 6) is 0. The van der Waals surface area contributed by atoms with E-state index in [1.54, 1.807) is 60.7 Å².